The van der Waals surface area contributed by atoms with Crippen LogP contribution in [-0.4, -0.2) is 40.8 Å². The number of hydroxylamine groups is 1. The van der Waals surface area contributed by atoms with Crippen molar-refractivity contribution in [1.82, 2.24) is 16.1 Å². The molecule has 7 heteroatoms. The number of benzene rings is 1. The van der Waals surface area contributed by atoms with Gasteiger partial charge in [0.15, 0.2) is 0 Å². The molecule has 0 unspecified atom stereocenters. The van der Waals surface area contributed by atoms with E-state index in [0.717, 1.165) is 69.3 Å². The smallest absolute Gasteiger partial charge is 0.324 e. The van der Waals surface area contributed by atoms with Crippen LogP contribution >= 0.6 is 0 Å². The Morgan fingerprint density at radius 1 is 0.868 bits per heavy atom. The summed E-state index contributed by atoms with van der Waals surface area (Å²) >= 11 is 0. The fourth-order valence-electron chi connectivity index (χ4n) is 7.38. The van der Waals surface area contributed by atoms with Crippen molar-refractivity contribution in [2.75, 3.05) is 13.1 Å². The number of hydrogen-bond acceptors (Lipinski definition) is 5. The fraction of sp³-hybridized carbons (Fsp3) is 0.677. The highest BCUT2D eigenvalue weighted by Crippen LogP contribution is 2.44. The van der Waals surface area contributed by atoms with Gasteiger partial charge in [-0.1, -0.05) is 56.4 Å². The Bertz CT molecular complexity index is 931. The number of carbonyl (C=O) groups is 2. The molecular formula is C31H47N3O4. The summed E-state index contributed by atoms with van der Waals surface area (Å²) < 4.78 is 0. The van der Waals surface area contributed by atoms with Crippen molar-refractivity contribution in [3.8, 4) is 0 Å². The van der Waals surface area contributed by atoms with E-state index < -0.39 is 17.4 Å². The van der Waals surface area contributed by atoms with Crippen LogP contribution in [0.3, 0.4) is 0 Å². The molecule has 0 spiro atoms. The van der Waals surface area contributed by atoms with Crippen LogP contribution in [0.2, 0.25) is 0 Å². The van der Waals surface area contributed by atoms with Crippen molar-refractivity contribution < 1.29 is 19.9 Å². The summed E-state index contributed by atoms with van der Waals surface area (Å²) in [6.45, 7) is 2.60. The van der Waals surface area contributed by atoms with E-state index in [-0.39, 0.29) is 11.8 Å². The molecule has 210 valence electrons. The number of nitrogens with one attached hydrogen (secondary N) is 3. The number of hydrogen-bond donors (Lipinski definition) is 5. The highest BCUT2D eigenvalue weighted by molar-refractivity contribution is 5.90. The maximum Gasteiger partial charge on any atom is 0.324 e. The quantitative estimate of drug-likeness (QED) is 0.144. The molecule has 3 aliphatic rings. The van der Waals surface area contributed by atoms with Gasteiger partial charge in [0, 0.05) is 12.6 Å². The van der Waals surface area contributed by atoms with Gasteiger partial charge in [-0.25, -0.2) is 5.48 Å². The third-order valence-electron chi connectivity index (χ3n) is 9.50. The first kappa shape index (κ1) is 28.8. The minimum absolute atomic E-state index is 0.276. The Labute approximate surface area is 227 Å². The van der Waals surface area contributed by atoms with E-state index in [9.17, 15) is 14.7 Å². The maximum atomic E-state index is 12.9. The van der Waals surface area contributed by atoms with Crippen molar-refractivity contribution in [2.24, 2.45) is 23.7 Å². The standard InChI is InChI=1S/C31H47N3O4/c35-29(34-38)18-17-23-7-6-8-26(19-23)21-32-20-24-13-15-25(16-14-24)22-33-31(30(36)37,28-11-4-5-12-28)27-9-2-1-3-10-27/h6-8,17-19,24-25,27-28,32-33,38H,1-5,9-16,20-22H2,(H,34,35)(H,36,37)/t24?,25?,31-/m1/s1. The van der Waals surface area contributed by atoms with Crippen LogP contribution in [0.25, 0.3) is 6.08 Å². The van der Waals surface area contributed by atoms with Gasteiger partial charge in [0.25, 0.3) is 5.91 Å². The lowest BCUT2D eigenvalue weighted by atomic mass is 9.67. The van der Waals surface area contributed by atoms with Crippen molar-refractivity contribution in [3.63, 3.8) is 0 Å². The second-order valence-electron chi connectivity index (χ2n) is 11.9. The van der Waals surface area contributed by atoms with Crippen molar-refractivity contribution in [1.29, 1.82) is 0 Å². The summed E-state index contributed by atoms with van der Waals surface area (Å²) in [5, 5.41) is 26.6. The molecule has 0 bridgehead atoms. The van der Waals surface area contributed by atoms with E-state index in [0.29, 0.717) is 11.8 Å². The number of amides is 1. The molecule has 5 N–H and O–H groups in total. The lowest BCUT2D eigenvalue weighted by molar-refractivity contribution is -0.152. The van der Waals surface area contributed by atoms with E-state index in [1.165, 1.54) is 51.0 Å². The fourth-order valence-corrected chi connectivity index (χ4v) is 7.38. The predicted octanol–water partition coefficient (Wildman–Crippen LogP) is 5.28. The SMILES string of the molecule is O=C(C=Cc1cccc(CNCC2CCC(CN[C@](C(=O)O)(C3CCCCC3)C3CCCC3)CC2)c1)NO. The molecule has 7 nitrogen and oxygen atoms in total. The average molecular weight is 526 g/mol. The predicted molar refractivity (Wildman–Crippen MR) is 149 cm³/mol. The number of rotatable bonds is 12. The molecule has 4 rings (SSSR count). The topological polar surface area (TPSA) is 111 Å². The van der Waals surface area contributed by atoms with Crippen LogP contribution in [0.5, 0.6) is 0 Å². The lowest BCUT2D eigenvalue weighted by Crippen LogP contribution is -2.63. The van der Waals surface area contributed by atoms with Crippen LogP contribution in [0.4, 0.5) is 0 Å². The molecule has 0 heterocycles. The molecule has 38 heavy (non-hydrogen) atoms. The largest absolute Gasteiger partial charge is 0.480 e. The van der Waals surface area contributed by atoms with Crippen LogP contribution in [-0.2, 0) is 16.1 Å². The molecule has 1 atom stereocenters. The van der Waals surface area contributed by atoms with Crippen LogP contribution < -0.4 is 16.1 Å². The number of carbonyl (C=O) groups excluding carboxylic acids is 1. The molecule has 3 aliphatic carbocycles. The Morgan fingerprint density at radius 3 is 2.08 bits per heavy atom. The van der Waals surface area contributed by atoms with Gasteiger partial charge in [-0.15, -0.1) is 0 Å². The third kappa shape index (κ3) is 7.45. The van der Waals surface area contributed by atoms with Gasteiger partial charge in [0.1, 0.15) is 5.54 Å². The molecule has 0 aromatic heterocycles. The van der Waals surface area contributed by atoms with E-state index in [4.69, 9.17) is 5.21 Å². The Balaban J connectivity index is 1.23. The van der Waals surface area contributed by atoms with Gasteiger partial charge in [-0.05, 0) is 105 Å². The van der Waals surface area contributed by atoms with Crippen LogP contribution in [0, 0.1) is 23.7 Å². The van der Waals surface area contributed by atoms with Crippen molar-refractivity contribution >= 4 is 18.0 Å². The number of carboxylic acid groups (broad SMARTS) is 1. The molecule has 0 aliphatic heterocycles. The molecule has 3 fully saturated rings. The van der Waals surface area contributed by atoms with Gasteiger partial charge < -0.3 is 15.7 Å². The first-order chi connectivity index (χ1) is 18.5. The van der Waals surface area contributed by atoms with E-state index in [1.54, 1.807) is 11.6 Å². The Hall–Kier alpha value is -2.22. The van der Waals surface area contributed by atoms with E-state index in [2.05, 4.69) is 16.7 Å². The van der Waals surface area contributed by atoms with E-state index in [1.807, 2.05) is 18.2 Å². The summed E-state index contributed by atoms with van der Waals surface area (Å²) in [7, 11) is 0. The highest BCUT2D eigenvalue weighted by Gasteiger charge is 2.52. The molecule has 3 saturated carbocycles. The zero-order valence-electron chi connectivity index (χ0n) is 22.8. The van der Waals surface area contributed by atoms with Crippen LogP contribution in [0.1, 0.15) is 94.6 Å². The normalized spacial score (nSPS) is 24.9. The summed E-state index contributed by atoms with van der Waals surface area (Å²) in [6.07, 6.45) is 17.9. The lowest BCUT2D eigenvalue weighted by Gasteiger charge is -2.45. The highest BCUT2D eigenvalue weighted by atomic mass is 16.5. The molecule has 1 amide bonds. The Morgan fingerprint density at radius 2 is 1.47 bits per heavy atom. The third-order valence-corrected chi connectivity index (χ3v) is 9.50. The molecular weight excluding hydrogens is 478 g/mol. The number of aliphatic carboxylic acids is 1. The zero-order chi connectivity index (χ0) is 26.8. The van der Waals surface area contributed by atoms with Crippen molar-refractivity contribution in [2.45, 2.75) is 95.6 Å². The number of carboxylic acids is 1. The maximum absolute atomic E-state index is 12.9. The second kappa shape index (κ2) is 14.2. The molecule has 0 saturated heterocycles. The first-order valence-corrected chi connectivity index (χ1v) is 14.9. The van der Waals surface area contributed by atoms with Gasteiger partial charge in [0.05, 0.1) is 0 Å². The molecule has 1 aromatic rings. The molecule has 0 radical (unpaired) electrons. The van der Waals surface area contributed by atoms with Gasteiger partial charge in [-0.3, -0.25) is 14.8 Å². The van der Waals surface area contributed by atoms with Crippen molar-refractivity contribution in [3.05, 3.63) is 41.5 Å². The van der Waals surface area contributed by atoms with Gasteiger partial charge in [-0.2, -0.15) is 0 Å². The average Bonchev–Trinajstić information content (AvgIpc) is 3.49. The minimum atomic E-state index is -0.721. The summed E-state index contributed by atoms with van der Waals surface area (Å²) in [4.78, 5) is 24.1. The monoisotopic (exact) mass is 525 g/mol. The molecule has 1 aromatic carbocycles. The summed E-state index contributed by atoms with van der Waals surface area (Å²) in [6, 6.07) is 8.02. The zero-order valence-corrected chi connectivity index (χ0v) is 22.8. The Kier molecular flexibility index (Phi) is 10.8. The summed E-state index contributed by atoms with van der Waals surface area (Å²) in [5.74, 6) is 0.642. The van der Waals surface area contributed by atoms with E-state index >= 15 is 0 Å². The second-order valence-corrected chi connectivity index (χ2v) is 11.9. The van der Waals surface area contributed by atoms with Gasteiger partial charge >= 0.3 is 5.97 Å². The first-order valence-electron chi connectivity index (χ1n) is 14.9. The minimum Gasteiger partial charge on any atom is -0.480 e. The summed E-state index contributed by atoms with van der Waals surface area (Å²) in [5.41, 5.74) is 2.96. The van der Waals surface area contributed by atoms with Crippen LogP contribution in [0.15, 0.2) is 30.3 Å². The van der Waals surface area contributed by atoms with Gasteiger partial charge in [0.2, 0.25) is 0 Å².